The summed E-state index contributed by atoms with van der Waals surface area (Å²) in [6, 6.07) is 0. The van der Waals surface area contributed by atoms with E-state index in [4.69, 9.17) is 37.0 Å². The normalized spacial score (nSPS) is 14.5. The molecule has 0 fully saturated rings. The Balaban J connectivity index is 5.23. The number of aliphatic hydroxyl groups is 1. The van der Waals surface area contributed by atoms with Gasteiger partial charge in [0.25, 0.3) is 0 Å². The van der Waals surface area contributed by atoms with Crippen LogP contribution >= 0.6 is 15.6 Å². The van der Waals surface area contributed by atoms with Crippen molar-refractivity contribution < 1.29 is 80.2 Å². The van der Waals surface area contributed by atoms with Gasteiger partial charge in [-0.2, -0.15) is 0 Å². The molecule has 19 heteroatoms. The third-order valence-corrected chi connectivity index (χ3v) is 19.1. The van der Waals surface area contributed by atoms with Gasteiger partial charge < -0.3 is 33.8 Å². The lowest BCUT2D eigenvalue weighted by Gasteiger charge is -2.21. The number of carbonyl (C=O) groups is 4. The number of phosphoric ester groups is 2. The molecule has 0 heterocycles. The molecular formula is C73H142O17P2. The first kappa shape index (κ1) is 90.1. The molecular weight excluding hydrogens is 1210 g/mol. The van der Waals surface area contributed by atoms with Crippen molar-refractivity contribution in [2.75, 3.05) is 39.6 Å². The largest absolute Gasteiger partial charge is 0.472 e. The molecule has 0 aliphatic rings. The zero-order valence-corrected chi connectivity index (χ0v) is 62.0. The quantitative estimate of drug-likeness (QED) is 0.0222. The molecule has 6 atom stereocenters. The highest BCUT2D eigenvalue weighted by Gasteiger charge is 2.30. The highest BCUT2D eigenvalue weighted by atomic mass is 31.2. The molecule has 0 bridgehead atoms. The Morgan fingerprint density at radius 3 is 0.772 bits per heavy atom. The number of hydrogen-bond acceptors (Lipinski definition) is 15. The molecule has 3 N–H and O–H groups in total. The number of ether oxygens (including phenoxy) is 4. The lowest BCUT2D eigenvalue weighted by atomic mass is 9.99. The molecule has 0 aliphatic carbocycles. The molecule has 0 amide bonds. The number of carbonyl (C=O) groups excluding carboxylic acids is 4. The summed E-state index contributed by atoms with van der Waals surface area (Å²) in [5, 5.41) is 10.6. The summed E-state index contributed by atoms with van der Waals surface area (Å²) in [4.78, 5) is 72.7. The van der Waals surface area contributed by atoms with E-state index >= 15 is 0 Å². The molecule has 0 saturated heterocycles. The fourth-order valence-electron chi connectivity index (χ4n) is 11.0. The fourth-order valence-corrected chi connectivity index (χ4v) is 12.6. The second-order valence-corrected chi connectivity index (χ2v) is 30.9. The van der Waals surface area contributed by atoms with E-state index in [0.29, 0.717) is 31.6 Å². The zero-order valence-electron chi connectivity index (χ0n) is 60.2. The Bertz CT molecular complexity index is 1820. The van der Waals surface area contributed by atoms with Gasteiger partial charge in [-0.05, 0) is 49.4 Å². The third kappa shape index (κ3) is 65.4. The number of aliphatic hydroxyl groups excluding tert-OH is 1. The standard InChI is InChI=1S/C73H142O17P2/c1-9-66(8)52-44-36-27-23-24-30-40-48-56-73(78)90-68(59-83-70(75)53-45-37-28-21-17-12-10-11-15-19-25-33-41-49-63(2)3)61-87-91(79,80)85-57-67(74)58-86-92(81,82)88-62-69(60-84-71(76)54-46-38-32-31-35-43-51-65(6)7)89-72(77)55-47-39-29-22-18-14-13-16-20-26-34-42-50-64(4)5/h63-69,74H,9-62H2,1-8H3,(H,79,80)(H,81,82)/t66?,67-,68-,69-/m1/s1. The molecule has 0 aromatic heterocycles. The summed E-state index contributed by atoms with van der Waals surface area (Å²) in [6.45, 7) is 14.1. The molecule has 3 unspecified atom stereocenters. The minimum atomic E-state index is -4.95. The summed E-state index contributed by atoms with van der Waals surface area (Å²) in [7, 11) is -9.91. The molecule has 0 saturated carbocycles. The van der Waals surface area contributed by atoms with E-state index in [2.05, 4.69) is 55.4 Å². The van der Waals surface area contributed by atoms with Crippen molar-refractivity contribution in [3.63, 3.8) is 0 Å². The molecule has 0 rings (SSSR count). The minimum Gasteiger partial charge on any atom is -0.462 e. The van der Waals surface area contributed by atoms with Crippen molar-refractivity contribution in [3.05, 3.63) is 0 Å². The maximum Gasteiger partial charge on any atom is 0.472 e. The van der Waals surface area contributed by atoms with E-state index in [-0.39, 0.29) is 25.7 Å². The van der Waals surface area contributed by atoms with E-state index in [0.717, 1.165) is 114 Å². The number of unbranched alkanes of at least 4 members (excludes halogenated alkanes) is 35. The molecule has 0 aromatic rings. The molecule has 0 aromatic carbocycles. The van der Waals surface area contributed by atoms with Crippen molar-refractivity contribution >= 4 is 39.5 Å². The molecule has 17 nitrogen and oxygen atoms in total. The average molecular weight is 1350 g/mol. The fraction of sp³-hybridized carbons (Fsp3) is 0.945. The van der Waals surface area contributed by atoms with Crippen LogP contribution in [0.15, 0.2) is 0 Å². The van der Waals surface area contributed by atoms with E-state index in [1.54, 1.807) is 0 Å². The Hall–Kier alpha value is -1.94. The van der Waals surface area contributed by atoms with Gasteiger partial charge in [0.15, 0.2) is 12.2 Å². The molecule has 0 aliphatic heterocycles. The van der Waals surface area contributed by atoms with E-state index in [9.17, 15) is 43.2 Å². The monoisotopic (exact) mass is 1350 g/mol. The van der Waals surface area contributed by atoms with Crippen LogP contribution in [0.4, 0.5) is 0 Å². The van der Waals surface area contributed by atoms with Crippen molar-refractivity contribution in [1.29, 1.82) is 0 Å². The van der Waals surface area contributed by atoms with Crippen LogP contribution in [0.1, 0.15) is 364 Å². The van der Waals surface area contributed by atoms with Crippen molar-refractivity contribution in [3.8, 4) is 0 Å². The molecule has 546 valence electrons. The van der Waals surface area contributed by atoms with Gasteiger partial charge in [0.2, 0.25) is 0 Å². The highest BCUT2D eigenvalue weighted by Crippen LogP contribution is 2.45. The topological polar surface area (TPSA) is 237 Å². The summed E-state index contributed by atoms with van der Waals surface area (Å²) < 4.78 is 68.4. The average Bonchev–Trinajstić information content (AvgIpc) is 2.14. The Kier molecular flexibility index (Phi) is 61.3. The zero-order chi connectivity index (χ0) is 68.2. The van der Waals surface area contributed by atoms with Crippen LogP contribution in [0.3, 0.4) is 0 Å². The van der Waals surface area contributed by atoms with Gasteiger partial charge in [-0.1, -0.05) is 312 Å². The van der Waals surface area contributed by atoms with Crippen LogP contribution < -0.4 is 0 Å². The molecule has 92 heavy (non-hydrogen) atoms. The van der Waals surface area contributed by atoms with Crippen LogP contribution in [0.2, 0.25) is 0 Å². The van der Waals surface area contributed by atoms with Gasteiger partial charge in [0.05, 0.1) is 26.4 Å². The van der Waals surface area contributed by atoms with Gasteiger partial charge in [0, 0.05) is 25.7 Å². The van der Waals surface area contributed by atoms with Crippen LogP contribution in [0, 0.1) is 23.7 Å². The summed E-state index contributed by atoms with van der Waals surface area (Å²) >= 11 is 0. The van der Waals surface area contributed by atoms with Gasteiger partial charge >= 0.3 is 39.5 Å². The first-order valence-corrected chi connectivity index (χ1v) is 40.7. The summed E-state index contributed by atoms with van der Waals surface area (Å²) in [5.74, 6) is 0.889. The second kappa shape index (κ2) is 62.6. The van der Waals surface area contributed by atoms with Crippen LogP contribution in [0.5, 0.6) is 0 Å². The Labute approximate surface area is 562 Å². The maximum absolute atomic E-state index is 13.0. The Morgan fingerprint density at radius 2 is 0.522 bits per heavy atom. The van der Waals surface area contributed by atoms with Gasteiger partial charge in [-0.3, -0.25) is 37.3 Å². The van der Waals surface area contributed by atoms with Gasteiger partial charge in [0.1, 0.15) is 19.3 Å². The van der Waals surface area contributed by atoms with Crippen molar-refractivity contribution in [2.45, 2.75) is 382 Å². The number of esters is 4. The predicted molar refractivity (Wildman–Crippen MR) is 372 cm³/mol. The summed E-state index contributed by atoms with van der Waals surface area (Å²) in [6.07, 6.45) is 45.9. The molecule has 0 radical (unpaired) electrons. The van der Waals surface area contributed by atoms with E-state index in [1.165, 1.54) is 161 Å². The highest BCUT2D eigenvalue weighted by molar-refractivity contribution is 7.47. The number of phosphoric acid groups is 2. The third-order valence-electron chi connectivity index (χ3n) is 17.2. The van der Waals surface area contributed by atoms with Crippen molar-refractivity contribution in [1.82, 2.24) is 0 Å². The van der Waals surface area contributed by atoms with Gasteiger partial charge in [-0.15, -0.1) is 0 Å². The minimum absolute atomic E-state index is 0.105. The van der Waals surface area contributed by atoms with Crippen LogP contribution in [0.25, 0.3) is 0 Å². The van der Waals surface area contributed by atoms with E-state index < -0.39 is 97.5 Å². The smallest absolute Gasteiger partial charge is 0.462 e. The number of hydrogen-bond donors (Lipinski definition) is 3. The van der Waals surface area contributed by atoms with Crippen LogP contribution in [-0.4, -0.2) is 96.7 Å². The first-order valence-electron chi connectivity index (χ1n) is 37.7. The summed E-state index contributed by atoms with van der Waals surface area (Å²) in [5.41, 5.74) is 0. The number of rotatable bonds is 70. The molecule has 0 spiro atoms. The maximum atomic E-state index is 13.0. The lowest BCUT2D eigenvalue weighted by molar-refractivity contribution is -0.161. The second-order valence-electron chi connectivity index (χ2n) is 28.0. The Morgan fingerprint density at radius 1 is 0.304 bits per heavy atom. The SMILES string of the molecule is CCC(C)CCCCCCCCCCC(=O)O[C@H](COC(=O)CCCCCCCCCCCCCCCC(C)C)COP(=O)(O)OC[C@@H](O)COP(=O)(O)OC[C@@H](COC(=O)CCCCCCCCC(C)C)OC(=O)CCCCCCCCCCCCCCC(C)C. The van der Waals surface area contributed by atoms with Crippen molar-refractivity contribution in [2.24, 2.45) is 23.7 Å². The first-order chi connectivity index (χ1) is 44.1. The van der Waals surface area contributed by atoms with Gasteiger partial charge in [-0.25, -0.2) is 9.13 Å². The van der Waals surface area contributed by atoms with E-state index in [1.807, 2.05) is 0 Å². The lowest BCUT2D eigenvalue weighted by Crippen LogP contribution is -2.30. The van der Waals surface area contributed by atoms with Crippen LogP contribution in [-0.2, 0) is 65.4 Å². The predicted octanol–water partition coefficient (Wildman–Crippen LogP) is 20.9.